The van der Waals surface area contributed by atoms with Crippen molar-refractivity contribution < 1.29 is 37.3 Å². The quantitative estimate of drug-likeness (QED) is 0.613. The molecule has 2 N–H and O–H groups in total. The largest absolute Gasteiger partial charge is 0.493 e. The molecule has 10 heteroatoms. The Morgan fingerprint density at radius 2 is 1.62 bits per heavy atom. The molecular weight excluding hydrogens is 390 g/mol. The molecule has 2 aromatic rings. The zero-order valence-corrected chi connectivity index (χ0v) is 16.0. The van der Waals surface area contributed by atoms with Crippen LogP contribution in [0.2, 0.25) is 0 Å². The Balaban J connectivity index is 2.17. The molecule has 156 valence electrons. The van der Waals surface area contributed by atoms with E-state index >= 15 is 0 Å². The average Bonchev–Trinajstić information content (AvgIpc) is 2.72. The molecule has 0 bridgehead atoms. The monoisotopic (exact) mass is 410 g/mol. The number of hydrogen-bond acceptors (Lipinski definition) is 7. The Bertz CT molecular complexity index is 876. The van der Waals surface area contributed by atoms with E-state index in [2.05, 4.69) is 15.4 Å². The van der Waals surface area contributed by atoms with E-state index < -0.39 is 18.5 Å². The summed E-state index contributed by atoms with van der Waals surface area (Å²) >= 11 is 0. The summed E-state index contributed by atoms with van der Waals surface area (Å²) in [7, 11) is 4.06. The standard InChI is InChI=1S/C19H20F2N2O6/c1-26-15-8-11(18(25)28-3)13(9-16(15)27-2)22-10-17(24)23-12-6-4-5-7-14(12)29-19(20)21/h4-9,19,22H,10H2,1-3H3,(H,23,24). The number of anilines is 2. The summed E-state index contributed by atoms with van der Waals surface area (Å²) in [5.74, 6) is -0.734. The van der Waals surface area contributed by atoms with Crippen molar-refractivity contribution in [3.05, 3.63) is 42.0 Å². The summed E-state index contributed by atoms with van der Waals surface area (Å²) in [6, 6.07) is 8.68. The SMILES string of the molecule is COC(=O)c1cc(OC)c(OC)cc1NCC(=O)Nc1ccccc1OC(F)F. The molecule has 0 aliphatic heterocycles. The highest BCUT2D eigenvalue weighted by Crippen LogP contribution is 2.33. The van der Waals surface area contributed by atoms with Gasteiger partial charge in [0.2, 0.25) is 5.91 Å². The molecule has 2 aromatic carbocycles. The second-order valence-electron chi connectivity index (χ2n) is 5.52. The molecule has 0 aliphatic carbocycles. The summed E-state index contributed by atoms with van der Waals surface area (Å²) in [6.45, 7) is -3.30. The van der Waals surface area contributed by atoms with Crippen LogP contribution in [-0.4, -0.2) is 46.4 Å². The maximum atomic E-state index is 12.5. The molecule has 0 saturated heterocycles. The number of para-hydroxylation sites is 2. The van der Waals surface area contributed by atoms with Crippen LogP contribution in [0.15, 0.2) is 36.4 Å². The third-order valence-electron chi connectivity index (χ3n) is 3.75. The molecule has 1 amide bonds. The molecular formula is C19H20F2N2O6. The lowest BCUT2D eigenvalue weighted by Gasteiger charge is -2.16. The minimum atomic E-state index is -3.03. The number of amides is 1. The second kappa shape index (κ2) is 10.1. The molecule has 0 atom stereocenters. The fraction of sp³-hybridized carbons (Fsp3) is 0.263. The molecule has 0 aromatic heterocycles. The molecule has 29 heavy (non-hydrogen) atoms. The zero-order valence-electron chi connectivity index (χ0n) is 16.0. The van der Waals surface area contributed by atoms with Gasteiger partial charge in [-0.25, -0.2) is 4.79 Å². The van der Waals surface area contributed by atoms with Crippen LogP contribution in [0.25, 0.3) is 0 Å². The highest BCUT2D eigenvalue weighted by atomic mass is 19.3. The van der Waals surface area contributed by atoms with Crippen molar-refractivity contribution in [2.45, 2.75) is 6.61 Å². The average molecular weight is 410 g/mol. The maximum absolute atomic E-state index is 12.5. The van der Waals surface area contributed by atoms with Crippen LogP contribution >= 0.6 is 0 Å². The number of carbonyl (C=O) groups is 2. The Morgan fingerprint density at radius 3 is 2.24 bits per heavy atom. The zero-order chi connectivity index (χ0) is 21.4. The lowest BCUT2D eigenvalue weighted by atomic mass is 10.1. The van der Waals surface area contributed by atoms with Gasteiger partial charge in [-0.15, -0.1) is 0 Å². The van der Waals surface area contributed by atoms with Crippen molar-refractivity contribution in [1.29, 1.82) is 0 Å². The smallest absolute Gasteiger partial charge is 0.387 e. The Morgan fingerprint density at radius 1 is 0.966 bits per heavy atom. The fourth-order valence-electron chi connectivity index (χ4n) is 2.44. The maximum Gasteiger partial charge on any atom is 0.387 e. The number of methoxy groups -OCH3 is 3. The number of benzene rings is 2. The molecule has 8 nitrogen and oxygen atoms in total. The summed E-state index contributed by atoms with van der Waals surface area (Å²) in [6.07, 6.45) is 0. The molecule has 0 heterocycles. The molecule has 0 spiro atoms. The Hall–Kier alpha value is -3.56. The van der Waals surface area contributed by atoms with E-state index in [0.717, 1.165) is 0 Å². The second-order valence-corrected chi connectivity index (χ2v) is 5.52. The van der Waals surface area contributed by atoms with Gasteiger partial charge in [0.1, 0.15) is 5.75 Å². The van der Waals surface area contributed by atoms with Crippen LogP contribution in [0.5, 0.6) is 17.2 Å². The van der Waals surface area contributed by atoms with E-state index in [1.54, 1.807) is 6.07 Å². The third-order valence-corrected chi connectivity index (χ3v) is 3.75. The number of alkyl halides is 2. The Kier molecular flexibility index (Phi) is 7.58. The number of halogens is 2. The molecule has 0 saturated carbocycles. The lowest BCUT2D eigenvalue weighted by Crippen LogP contribution is -2.23. The van der Waals surface area contributed by atoms with Crippen molar-refractivity contribution in [3.63, 3.8) is 0 Å². The molecule has 0 aliphatic rings. The van der Waals surface area contributed by atoms with Crippen LogP contribution in [0.3, 0.4) is 0 Å². The van der Waals surface area contributed by atoms with Crippen molar-refractivity contribution in [1.82, 2.24) is 0 Å². The highest BCUT2D eigenvalue weighted by molar-refractivity contribution is 5.99. The van der Waals surface area contributed by atoms with Gasteiger partial charge in [0.15, 0.2) is 11.5 Å². The lowest BCUT2D eigenvalue weighted by molar-refractivity contribution is -0.114. The number of nitrogens with one attached hydrogen (secondary N) is 2. The third kappa shape index (κ3) is 5.71. The van der Waals surface area contributed by atoms with Gasteiger partial charge in [-0.2, -0.15) is 8.78 Å². The molecule has 0 unspecified atom stereocenters. The molecule has 0 fully saturated rings. The van der Waals surface area contributed by atoms with E-state index in [9.17, 15) is 18.4 Å². The summed E-state index contributed by atoms with van der Waals surface area (Å²) in [5, 5.41) is 5.27. The highest BCUT2D eigenvalue weighted by Gasteiger charge is 2.18. The van der Waals surface area contributed by atoms with Crippen LogP contribution in [0.1, 0.15) is 10.4 Å². The first-order chi connectivity index (χ1) is 13.9. The van der Waals surface area contributed by atoms with E-state index in [1.807, 2.05) is 0 Å². The number of carbonyl (C=O) groups excluding carboxylic acids is 2. The van der Waals surface area contributed by atoms with Crippen molar-refractivity contribution in [3.8, 4) is 17.2 Å². The van der Waals surface area contributed by atoms with Gasteiger partial charge >= 0.3 is 12.6 Å². The van der Waals surface area contributed by atoms with E-state index in [1.165, 1.54) is 51.7 Å². The fourth-order valence-corrected chi connectivity index (χ4v) is 2.44. The first-order valence-corrected chi connectivity index (χ1v) is 8.31. The van der Waals surface area contributed by atoms with E-state index in [0.29, 0.717) is 11.5 Å². The van der Waals surface area contributed by atoms with E-state index in [4.69, 9.17) is 14.2 Å². The number of ether oxygens (including phenoxy) is 4. The van der Waals surface area contributed by atoms with Crippen LogP contribution < -0.4 is 24.8 Å². The number of rotatable bonds is 9. The Labute approximate surface area is 165 Å². The molecule has 0 radical (unpaired) electrons. The van der Waals surface area contributed by atoms with E-state index in [-0.39, 0.29) is 29.2 Å². The topological polar surface area (TPSA) is 95.1 Å². The number of hydrogen-bond donors (Lipinski definition) is 2. The van der Waals surface area contributed by atoms with Crippen molar-refractivity contribution in [2.75, 3.05) is 38.5 Å². The van der Waals surface area contributed by atoms with Crippen molar-refractivity contribution in [2.24, 2.45) is 0 Å². The predicted molar refractivity (Wildman–Crippen MR) is 101 cm³/mol. The normalized spacial score (nSPS) is 10.3. The summed E-state index contributed by atoms with van der Waals surface area (Å²) in [4.78, 5) is 24.3. The summed E-state index contributed by atoms with van der Waals surface area (Å²) in [5.41, 5.74) is 0.473. The van der Waals surface area contributed by atoms with Crippen LogP contribution in [0, 0.1) is 0 Å². The van der Waals surface area contributed by atoms with Gasteiger partial charge in [0, 0.05) is 12.1 Å². The summed E-state index contributed by atoms with van der Waals surface area (Å²) < 4.78 is 44.4. The minimum absolute atomic E-state index is 0.0834. The van der Waals surface area contributed by atoms with Gasteiger partial charge in [0.25, 0.3) is 0 Å². The molecule has 2 rings (SSSR count). The van der Waals surface area contributed by atoms with Gasteiger partial charge in [-0.3, -0.25) is 4.79 Å². The van der Waals surface area contributed by atoms with Crippen LogP contribution in [-0.2, 0) is 9.53 Å². The van der Waals surface area contributed by atoms with Crippen molar-refractivity contribution >= 4 is 23.3 Å². The van der Waals surface area contributed by atoms with Gasteiger partial charge in [-0.1, -0.05) is 12.1 Å². The van der Waals surface area contributed by atoms with Gasteiger partial charge in [-0.05, 0) is 12.1 Å². The van der Waals surface area contributed by atoms with Gasteiger partial charge in [0.05, 0.1) is 44.8 Å². The first kappa shape index (κ1) is 21.7. The minimum Gasteiger partial charge on any atom is -0.493 e. The predicted octanol–water partition coefficient (Wildman–Crippen LogP) is 3.14. The first-order valence-electron chi connectivity index (χ1n) is 8.31. The van der Waals surface area contributed by atoms with Gasteiger partial charge < -0.3 is 29.6 Å². The number of esters is 1. The van der Waals surface area contributed by atoms with Crippen LogP contribution in [0.4, 0.5) is 20.2 Å².